The van der Waals surface area contributed by atoms with Crippen molar-refractivity contribution >= 4 is 11.7 Å². The smallest absolute Gasteiger partial charge is 0.341 e. The van der Waals surface area contributed by atoms with Crippen LogP contribution in [0.5, 0.6) is 0 Å². The summed E-state index contributed by atoms with van der Waals surface area (Å²) in [4.78, 5) is 13.7. The molecule has 3 nitrogen and oxygen atoms in total. The summed E-state index contributed by atoms with van der Waals surface area (Å²) >= 11 is 0. The van der Waals surface area contributed by atoms with E-state index in [4.69, 9.17) is 4.74 Å². The Balaban J connectivity index is 2.25. The fourth-order valence-corrected chi connectivity index (χ4v) is 2.05. The van der Waals surface area contributed by atoms with E-state index in [9.17, 15) is 9.18 Å². The predicted molar refractivity (Wildman–Crippen MR) is 63.8 cm³/mol. The van der Waals surface area contributed by atoms with Gasteiger partial charge in [0.15, 0.2) is 0 Å². The number of carbonyl (C=O) groups excluding carboxylic acids is 1. The van der Waals surface area contributed by atoms with Crippen molar-refractivity contribution in [3.63, 3.8) is 0 Å². The number of anilines is 1. The van der Waals surface area contributed by atoms with E-state index in [1.807, 2.05) is 0 Å². The van der Waals surface area contributed by atoms with Crippen molar-refractivity contribution in [1.82, 2.24) is 0 Å². The highest BCUT2D eigenvalue weighted by atomic mass is 19.1. The van der Waals surface area contributed by atoms with Gasteiger partial charge in [-0.05, 0) is 38.0 Å². The Morgan fingerprint density at radius 3 is 2.76 bits per heavy atom. The van der Waals surface area contributed by atoms with Gasteiger partial charge in [0.2, 0.25) is 0 Å². The van der Waals surface area contributed by atoms with Gasteiger partial charge in [-0.3, -0.25) is 0 Å². The maximum atomic E-state index is 13.5. The van der Waals surface area contributed by atoms with Gasteiger partial charge in [-0.15, -0.1) is 0 Å². The van der Waals surface area contributed by atoms with Crippen LogP contribution in [0.2, 0.25) is 0 Å². The number of halogens is 1. The first-order chi connectivity index (χ1) is 8.22. The first-order valence-corrected chi connectivity index (χ1v) is 5.94. The van der Waals surface area contributed by atoms with Gasteiger partial charge in [0, 0.05) is 18.8 Å². The molecule has 17 heavy (non-hydrogen) atoms. The lowest BCUT2D eigenvalue weighted by atomic mass is 10.2. The van der Waals surface area contributed by atoms with Crippen LogP contribution in [0.4, 0.5) is 10.1 Å². The van der Waals surface area contributed by atoms with E-state index in [2.05, 4.69) is 4.90 Å². The van der Waals surface area contributed by atoms with E-state index in [1.54, 1.807) is 19.1 Å². The monoisotopic (exact) mass is 237 g/mol. The molecular formula is C13H16FNO2. The predicted octanol–water partition coefficient (Wildman–Crippen LogP) is 2.60. The van der Waals surface area contributed by atoms with Crippen molar-refractivity contribution in [2.24, 2.45) is 0 Å². The molecule has 0 saturated carbocycles. The summed E-state index contributed by atoms with van der Waals surface area (Å²) in [5.41, 5.74) is 0.920. The van der Waals surface area contributed by atoms with E-state index in [1.165, 1.54) is 6.07 Å². The van der Waals surface area contributed by atoms with E-state index in [-0.39, 0.29) is 12.2 Å². The molecule has 0 spiro atoms. The lowest BCUT2D eigenvalue weighted by Crippen LogP contribution is -2.18. The zero-order valence-electron chi connectivity index (χ0n) is 9.91. The Kier molecular flexibility index (Phi) is 3.61. The lowest BCUT2D eigenvalue weighted by Gasteiger charge is -2.18. The Hall–Kier alpha value is -1.58. The second-order valence-corrected chi connectivity index (χ2v) is 4.08. The van der Waals surface area contributed by atoms with Crippen molar-refractivity contribution < 1.29 is 13.9 Å². The molecule has 4 heteroatoms. The van der Waals surface area contributed by atoms with Crippen LogP contribution in [0.3, 0.4) is 0 Å². The van der Waals surface area contributed by atoms with Crippen LogP contribution in [-0.4, -0.2) is 25.7 Å². The maximum Gasteiger partial charge on any atom is 0.341 e. The van der Waals surface area contributed by atoms with Crippen LogP contribution in [-0.2, 0) is 4.74 Å². The van der Waals surface area contributed by atoms with Gasteiger partial charge in [0.25, 0.3) is 0 Å². The second kappa shape index (κ2) is 5.17. The third kappa shape index (κ3) is 2.57. The molecule has 1 saturated heterocycles. The van der Waals surface area contributed by atoms with E-state index in [0.717, 1.165) is 31.6 Å². The average Bonchev–Trinajstić information content (AvgIpc) is 2.83. The molecule has 0 N–H and O–H groups in total. The van der Waals surface area contributed by atoms with Crippen molar-refractivity contribution in [3.8, 4) is 0 Å². The molecule has 1 aromatic rings. The average molecular weight is 237 g/mol. The minimum atomic E-state index is -0.592. The molecule has 0 aliphatic carbocycles. The maximum absolute atomic E-state index is 13.5. The zero-order valence-corrected chi connectivity index (χ0v) is 9.91. The number of ether oxygens (including phenoxy) is 1. The number of benzene rings is 1. The fraction of sp³-hybridized carbons (Fsp3) is 0.462. The Bertz CT molecular complexity index is 414. The Morgan fingerprint density at radius 1 is 1.41 bits per heavy atom. The van der Waals surface area contributed by atoms with Gasteiger partial charge in [-0.1, -0.05) is 0 Å². The minimum absolute atomic E-state index is 0.0243. The highest BCUT2D eigenvalue weighted by Gasteiger charge is 2.17. The Labute approximate surface area is 100 Å². The van der Waals surface area contributed by atoms with Crippen LogP contribution in [0, 0.1) is 5.82 Å². The van der Waals surface area contributed by atoms with Crippen LogP contribution in [0.25, 0.3) is 0 Å². The summed E-state index contributed by atoms with van der Waals surface area (Å²) < 4.78 is 18.3. The minimum Gasteiger partial charge on any atom is -0.462 e. The SMILES string of the molecule is CCOC(=O)c1cc(N2CCCC2)ccc1F. The third-order valence-electron chi connectivity index (χ3n) is 2.92. The zero-order chi connectivity index (χ0) is 12.3. The number of hydrogen-bond donors (Lipinski definition) is 0. The molecular weight excluding hydrogens is 221 g/mol. The highest BCUT2D eigenvalue weighted by molar-refractivity contribution is 5.90. The van der Waals surface area contributed by atoms with E-state index >= 15 is 0 Å². The van der Waals surface area contributed by atoms with Gasteiger partial charge in [-0.25, -0.2) is 9.18 Å². The molecule has 1 aromatic carbocycles. The molecule has 1 heterocycles. The molecule has 92 valence electrons. The van der Waals surface area contributed by atoms with Gasteiger partial charge >= 0.3 is 5.97 Å². The van der Waals surface area contributed by atoms with Crippen LogP contribution in [0.15, 0.2) is 18.2 Å². The Morgan fingerprint density at radius 2 is 2.12 bits per heavy atom. The molecule has 2 rings (SSSR count). The van der Waals surface area contributed by atoms with Crippen molar-refractivity contribution in [1.29, 1.82) is 0 Å². The summed E-state index contributed by atoms with van der Waals surface area (Å²) in [6.07, 6.45) is 2.29. The number of carbonyl (C=O) groups is 1. The van der Waals surface area contributed by atoms with Gasteiger partial charge in [0.05, 0.1) is 12.2 Å². The fourth-order valence-electron chi connectivity index (χ4n) is 2.05. The molecule has 0 radical (unpaired) electrons. The highest BCUT2D eigenvalue weighted by Crippen LogP contribution is 2.23. The molecule has 0 unspecified atom stereocenters. The third-order valence-corrected chi connectivity index (χ3v) is 2.92. The normalized spacial score (nSPS) is 15.1. The van der Waals surface area contributed by atoms with Crippen molar-refractivity contribution in [2.45, 2.75) is 19.8 Å². The van der Waals surface area contributed by atoms with Gasteiger partial charge < -0.3 is 9.64 Å². The molecule has 1 aliphatic heterocycles. The van der Waals surface area contributed by atoms with E-state index < -0.39 is 11.8 Å². The molecule has 1 aliphatic rings. The summed E-state index contributed by atoms with van der Waals surface area (Å²) in [7, 11) is 0. The first kappa shape index (κ1) is 11.9. The quantitative estimate of drug-likeness (QED) is 0.757. The summed E-state index contributed by atoms with van der Waals surface area (Å²) in [6, 6.07) is 4.63. The molecule has 0 bridgehead atoms. The van der Waals surface area contributed by atoms with Crippen molar-refractivity contribution in [2.75, 3.05) is 24.6 Å². The lowest BCUT2D eigenvalue weighted by molar-refractivity contribution is 0.0521. The first-order valence-electron chi connectivity index (χ1n) is 5.94. The van der Waals surface area contributed by atoms with Gasteiger partial charge in [0.1, 0.15) is 5.82 Å². The summed E-state index contributed by atoms with van der Waals surface area (Å²) in [6.45, 7) is 3.90. The van der Waals surface area contributed by atoms with Crippen LogP contribution >= 0.6 is 0 Å². The number of nitrogens with zero attached hydrogens (tertiary/aromatic N) is 1. The molecule has 1 fully saturated rings. The standard InChI is InChI=1S/C13H16FNO2/c1-2-17-13(16)11-9-10(5-6-12(11)14)15-7-3-4-8-15/h5-6,9H,2-4,7-8H2,1H3. The number of hydrogen-bond acceptors (Lipinski definition) is 3. The summed E-state index contributed by atoms with van der Waals surface area (Å²) in [5, 5.41) is 0. The molecule has 0 amide bonds. The van der Waals surface area contributed by atoms with Crippen molar-refractivity contribution in [3.05, 3.63) is 29.6 Å². The van der Waals surface area contributed by atoms with Crippen LogP contribution in [0.1, 0.15) is 30.1 Å². The van der Waals surface area contributed by atoms with Gasteiger partial charge in [-0.2, -0.15) is 0 Å². The number of esters is 1. The van der Waals surface area contributed by atoms with Crippen LogP contribution < -0.4 is 4.90 Å². The summed E-state index contributed by atoms with van der Waals surface area (Å²) in [5.74, 6) is -1.11. The topological polar surface area (TPSA) is 29.5 Å². The molecule has 0 atom stereocenters. The van der Waals surface area contributed by atoms with E-state index in [0.29, 0.717) is 0 Å². The number of rotatable bonds is 3. The largest absolute Gasteiger partial charge is 0.462 e. The molecule has 0 aromatic heterocycles. The second-order valence-electron chi connectivity index (χ2n) is 4.08.